The molecule has 3 rings (SSSR count). The van der Waals surface area contributed by atoms with Crippen molar-refractivity contribution < 1.29 is 9.63 Å². The molecule has 0 bridgehead atoms. The van der Waals surface area contributed by atoms with Crippen molar-refractivity contribution in [2.75, 3.05) is 13.1 Å². The first-order valence-corrected chi connectivity index (χ1v) is 8.59. The van der Waals surface area contributed by atoms with E-state index in [1.807, 2.05) is 31.9 Å². The van der Waals surface area contributed by atoms with Crippen LogP contribution in [-0.4, -0.2) is 34.1 Å². The van der Waals surface area contributed by atoms with E-state index >= 15 is 0 Å². The monoisotopic (exact) mass is 327 g/mol. The van der Waals surface area contributed by atoms with Crippen molar-refractivity contribution in [3.63, 3.8) is 0 Å². The van der Waals surface area contributed by atoms with Gasteiger partial charge in [0.05, 0.1) is 16.4 Å². The Kier molecular flexibility index (Phi) is 4.81. The zero-order valence-electron chi connectivity index (χ0n) is 14.7. The molecule has 2 heterocycles. The highest BCUT2D eigenvalue weighted by atomic mass is 16.7. The molecular weight excluding hydrogens is 302 g/mol. The van der Waals surface area contributed by atoms with Crippen LogP contribution in [0.15, 0.2) is 30.6 Å². The van der Waals surface area contributed by atoms with E-state index in [2.05, 4.69) is 22.1 Å². The molecule has 0 aliphatic carbocycles. The molecule has 0 unspecified atom stereocenters. The summed E-state index contributed by atoms with van der Waals surface area (Å²) in [6, 6.07) is 6.31. The molecule has 0 N–H and O–H groups in total. The molecule has 1 aliphatic heterocycles. The normalized spacial score (nSPS) is 17.1. The second kappa shape index (κ2) is 6.85. The van der Waals surface area contributed by atoms with Crippen LogP contribution in [0.1, 0.15) is 39.2 Å². The third kappa shape index (κ3) is 4.09. The molecule has 0 spiro atoms. The lowest BCUT2D eigenvalue weighted by atomic mass is 9.90. The molecule has 1 aromatic carbocycles. The van der Waals surface area contributed by atoms with E-state index < -0.39 is 5.41 Å². The summed E-state index contributed by atoms with van der Waals surface area (Å²) in [6.07, 6.45) is 6.56. The number of aromatic nitrogens is 2. The average Bonchev–Trinajstić information content (AvgIpc) is 2.55. The number of piperidine rings is 1. The van der Waals surface area contributed by atoms with Crippen molar-refractivity contribution in [2.24, 2.45) is 11.3 Å². The van der Waals surface area contributed by atoms with E-state index in [0.29, 0.717) is 5.92 Å². The average molecular weight is 327 g/mol. The topological polar surface area (TPSA) is 55.3 Å². The predicted octanol–water partition coefficient (Wildman–Crippen LogP) is 3.39. The van der Waals surface area contributed by atoms with E-state index in [-0.39, 0.29) is 5.97 Å². The Labute approximate surface area is 143 Å². The van der Waals surface area contributed by atoms with Gasteiger partial charge in [-0.15, -0.1) is 5.06 Å². The van der Waals surface area contributed by atoms with Crippen LogP contribution in [0.5, 0.6) is 0 Å². The Morgan fingerprint density at radius 3 is 2.50 bits per heavy atom. The van der Waals surface area contributed by atoms with Crippen LogP contribution in [0.25, 0.3) is 11.0 Å². The second-order valence-electron chi connectivity index (χ2n) is 7.58. The van der Waals surface area contributed by atoms with Crippen LogP contribution < -0.4 is 0 Å². The van der Waals surface area contributed by atoms with Gasteiger partial charge < -0.3 is 4.84 Å². The zero-order chi connectivity index (χ0) is 17.2. The van der Waals surface area contributed by atoms with Crippen LogP contribution >= 0.6 is 0 Å². The minimum absolute atomic E-state index is 0.158. The van der Waals surface area contributed by atoms with Crippen LogP contribution in [0, 0.1) is 11.3 Å². The molecule has 1 aliphatic rings. The van der Waals surface area contributed by atoms with Crippen molar-refractivity contribution in [3.05, 3.63) is 36.2 Å². The third-order valence-electron chi connectivity index (χ3n) is 4.46. The van der Waals surface area contributed by atoms with Gasteiger partial charge in [0.15, 0.2) is 0 Å². The molecule has 1 aromatic heterocycles. The van der Waals surface area contributed by atoms with E-state index in [1.54, 1.807) is 12.4 Å². The lowest BCUT2D eigenvalue weighted by molar-refractivity contribution is -0.206. The summed E-state index contributed by atoms with van der Waals surface area (Å²) < 4.78 is 0. The van der Waals surface area contributed by atoms with Crippen molar-refractivity contribution in [1.82, 2.24) is 15.0 Å². The number of carbonyl (C=O) groups excluding carboxylic acids is 1. The number of nitrogens with zero attached hydrogens (tertiary/aromatic N) is 3. The smallest absolute Gasteiger partial charge is 0.330 e. The first-order chi connectivity index (χ1) is 11.4. The number of hydroxylamine groups is 2. The van der Waals surface area contributed by atoms with Crippen molar-refractivity contribution >= 4 is 17.0 Å². The maximum atomic E-state index is 12.0. The van der Waals surface area contributed by atoms with Gasteiger partial charge in [0.2, 0.25) is 0 Å². The maximum Gasteiger partial charge on any atom is 0.330 e. The fraction of sp³-hybridized carbons (Fsp3) is 0.526. The van der Waals surface area contributed by atoms with Gasteiger partial charge in [-0.2, -0.15) is 0 Å². The Hall–Kier alpha value is -2.01. The Balaban J connectivity index is 1.54. The molecule has 0 radical (unpaired) electrons. The highest BCUT2D eigenvalue weighted by Crippen LogP contribution is 2.24. The molecule has 0 saturated carbocycles. The summed E-state index contributed by atoms with van der Waals surface area (Å²) in [6.45, 7) is 7.25. The molecule has 2 aromatic rings. The third-order valence-corrected chi connectivity index (χ3v) is 4.46. The molecule has 0 amide bonds. The standard InChI is InChI=1S/C19H25N3O2/c1-19(2,3)18(23)24-22-10-6-14(7-11-22)12-15-4-5-16-17(13-15)21-9-8-20-16/h4-5,8-9,13-14H,6-7,10-12H2,1-3H3. The summed E-state index contributed by atoms with van der Waals surface area (Å²) in [4.78, 5) is 26.1. The Bertz CT molecular complexity index is 716. The van der Waals surface area contributed by atoms with Gasteiger partial charge in [-0.05, 0) is 63.6 Å². The quantitative estimate of drug-likeness (QED) is 0.865. The van der Waals surface area contributed by atoms with Gasteiger partial charge >= 0.3 is 5.97 Å². The van der Waals surface area contributed by atoms with E-state index in [4.69, 9.17) is 4.84 Å². The van der Waals surface area contributed by atoms with Gasteiger partial charge in [-0.3, -0.25) is 9.97 Å². The van der Waals surface area contributed by atoms with Crippen molar-refractivity contribution in [1.29, 1.82) is 0 Å². The van der Waals surface area contributed by atoms with E-state index in [1.165, 1.54) is 5.56 Å². The molecule has 24 heavy (non-hydrogen) atoms. The highest BCUT2D eigenvalue weighted by Gasteiger charge is 2.28. The first-order valence-electron chi connectivity index (χ1n) is 8.59. The first kappa shape index (κ1) is 16.8. The minimum atomic E-state index is -0.455. The number of rotatable bonds is 3. The summed E-state index contributed by atoms with van der Waals surface area (Å²) in [7, 11) is 0. The van der Waals surface area contributed by atoms with E-state index in [9.17, 15) is 4.79 Å². The van der Waals surface area contributed by atoms with Gasteiger partial charge in [-0.1, -0.05) is 6.07 Å². The van der Waals surface area contributed by atoms with Gasteiger partial charge in [0.1, 0.15) is 0 Å². The van der Waals surface area contributed by atoms with Crippen LogP contribution in [0.4, 0.5) is 0 Å². The van der Waals surface area contributed by atoms with Crippen molar-refractivity contribution in [3.8, 4) is 0 Å². The Morgan fingerprint density at radius 1 is 1.17 bits per heavy atom. The highest BCUT2D eigenvalue weighted by molar-refractivity contribution is 5.75. The molecule has 1 saturated heterocycles. The molecular formula is C19H25N3O2. The molecule has 5 nitrogen and oxygen atoms in total. The van der Waals surface area contributed by atoms with Gasteiger partial charge in [0.25, 0.3) is 0 Å². The number of fused-ring (bicyclic) bond motifs is 1. The number of hydrogen-bond acceptors (Lipinski definition) is 5. The number of carbonyl (C=O) groups is 1. The SMILES string of the molecule is CC(C)(C)C(=O)ON1CCC(Cc2ccc3nccnc3c2)CC1. The van der Waals surface area contributed by atoms with E-state index in [0.717, 1.165) is 43.4 Å². The summed E-state index contributed by atoms with van der Waals surface area (Å²) >= 11 is 0. The summed E-state index contributed by atoms with van der Waals surface area (Å²) in [5.74, 6) is 0.456. The molecule has 5 heteroatoms. The molecule has 128 valence electrons. The minimum Gasteiger partial charge on any atom is -0.367 e. The lowest BCUT2D eigenvalue weighted by Gasteiger charge is -2.32. The van der Waals surface area contributed by atoms with Crippen LogP contribution in [0.3, 0.4) is 0 Å². The summed E-state index contributed by atoms with van der Waals surface area (Å²) in [5.41, 5.74) is 2.73. The lowest BCUT2D eigenvalue weighted by Crippen LogP contribution is -2.39. The zero-order valence-corrected chi connectivity index (χ0v) is 14.7. The van der Waals surface area contributed by atoms with Gasteiger partial charge in [-0.25, -0.2) is 4.79 Å². The fourth-order valence-electron chi connectivity index (χ4n) is 2.93. The van der Waals surface area contributed by atoms with Crippen molar-refractivity contribution in [2.45, 2.75) is 40.0 Å². The summed E-state index contributed by atoms with van der Waals surface area (Å²) in [5, 5.41) is 1.82. The molecule has 0 atom stereocenters. The molecule has 1 fully saturated rings. The maximum absolute atomic E-state index is 12.0. The largest absolute Gasteiger partial charge is 0.367 e. The van der Waals surface area contributed by atoms with Crippen LogP contribution in [-0.2, 0) is 16.1 Å². The fourth-order valence-corrected chi connectivity index (χ4v) is 2.93. The Morgan fingerprint density at radius 2 is 1.83 bits per heavy atom. The number of hydrogen-bond donors (Lipinski definition) is 0. The predicted molar refractivity (Wildman–Crippen MR) is 93.1 cm³/mol. The second-order valence-corrected chi connectivity index (χ2v) is 7.58. The number of benzene rings is 1. The van der Waals surface area contributed by atoms with Crippen LogP contribution in [0.2, 0.25) is 0 Å². The van der Waals surface area contributed by atoms with Gasteiger partial charge in [0, 0.05) is 25.5 Å².